The first kappa shape index (κ1) is 20.1. The molecule has 3 rings (SSSR count). The highest BCUT2D eigenvalue weighted by atomic mass is 35.5. The summed E-state index contributed by atoms with van der Waals surface area (Å²) in [7, 11) is 0. The number of nitrogens with one attached hydrogen (secondary N) is 1. The lowest BCUT2D eigenvalue weighted by Crippen LogP contribution is -2.13. The zero-order chi connectivity index (χ0) is 19.8. The average Bonchev–Trinajstić information content (AvgIpc) is 2.69. The van der Waals surface area contributed by atoms with Gasteiger partial charge in [0.15, 0.2) is 11.5 Å². The zero-order valence-corrected chi connectivity index (χ0v) is 16.4. The number of nitrogens with zero attached hydrogens (tertiary/aromatic N) is 1. The Morgan fingerprint density at radius 2 is 1.71 bits per heavy atom. The fourth-order valence-electron chi connectivity index (χ4n) is 2.70. The summed E-state index contributed by atoms with van der Waals surface area (Å²) < 4.78 is 24.8. The second-order valence-electron chi connectivity index (χ2n) is 6.20. The van der Waals surface area contributed by atoms with Crippen LogP contribution in [-0.2, 0) is 19.7 Å². The van der Waals surface area contributed by atoms with Crippen molar-refractivity contribution in [3.63, 3.8) is 0 Å². The Morgan fingerprint density at radius 3 is 2.46 bits per heavy atom. The predicted molar refractivity (Wildman–Crippen MR) is 108 cm³/mol. The van der Waals surface area contributed by atoms with E-state index in [0.717, 1.165) is 12.1 Å². The lowest BCUT2D eigenvalue weighted by atomic mass is 10.2. The molecule has 28 heavy (non-hydrogen) atoms. The van der Waals surface area contributed by atoms with E-state index in [1.54, 1.807) is 18.5 Å². The molecule has 3 aromatic rings. The van der Waals surface area contributed by atoms with Crippen LogP contribution >= 0.6 is 11.6 Å². The summed E-state index contributed by atoms with van der Waals surface area (Å²) >= 11 is 6.07. The van der Waals surface area contributed by atoms with Gasteiger partial charge in [0.25, 0.3) is 0 Å². The van der Waals surface area contributed by atoms with Crippen molar-refractivity contribution < 1.29 is 13.9 Å². The first-order valence-corrected chi connectivity index (χ1v) is 9.45. The summed E-state index contributed by atoms with van der Waals surface area (Å²) in [5, 5.41) is 3.74. The molecule has 6 heteroatoms. The standard InChI is InChI=1S/C22H22ClFN2O2/c1-2-27-22-11-17(14-26-13-16-7-9-25-10-8-16)3-6-21(22)28-15-18-4-5-19(24)12-20(18)23/h3-12,26H,2,13-15H2,1H3. The Hall–Kier alpha value is -2.63. The molecule has 2 aromatic carbocycles. The van der Waals surface area contributed by atoms with E-state index in [1.165, 1.54) is 17.7 Å². The SMILES string of the molecule is CCOc1cc(CNCc2ccncc2)ccc1OCc1ccc(F)cc1Cl. The van der Waals surface area contributed by atoms with Crippen LogP contribution in [0, 0.1) is 5.82 Å². The molecule has 0 aliphatic carbocycles. The van der Waals surface area contributed by atoms with E-state index in [4.69, 9.17) is 21.1 Å². The first-order valence-electron chi connectivity index (χ1n) is 9.07. The summed E-state index contributed by atoms with van der Waals surface area (Å²) in [6, 6.07) is 14.1. The fraction of sp³-hybridized carbons (Fsp3) is 0.227. The molecule has 1 heterocycles. The molecule has 0 saturated heterocycles. The van der Waals surface area contributed by atoms with Gasteiger partial charge in [-0.15, -0.1) is 0 Å². The number of benzene rings is 2. The molecule has 0 aliphatic heterocycles. The molecule has 0 bridgehead atoms. The molecule has 0 spiro atoms. The van der Waals surface area contributed by atoms with Crippen molar-refractivity contribution in [2.45, 2.75) is 26.6 Å². The average molecular weight is 401 g/mol. The molecule has 146 valence electrons. The molecule has 0 aliphatic rings. The maximum Gasteiger partial charge on any atom is 0.161 e. The van der Waals surface area contributed by atoms with Gasteiger partial charge in [0.2, 0.25) is 0 Å². The minimum absolute atomic E-state index is 0.235. The van der Waals surface area contributed by atoms with Crippen molar-refractivity contribution in [1.29, 1.82) is 0 Å². The van der Waals surface area contributed by atoms with Crippen LogP contribution in [0.2, 0.25) is 5.02 Å². The monoisotopic (exact) mass is 400 g/mol. The van der Waals surface area contributed by atoms with Crippen molar-refractivity contribution in [2.24, 2.45) is 0 Å². The van der Waals surface area contributed by atoms with Crippen LogP contribution in [0.4, 0.5) is 4.39 Å². The van der Waals surface area contributed by atoms with E-state index in [1.807, 2.05) is 37.3 Å². The highest BCUT2D eigenvalue weighted by molar-refractivity contribution is 6.31. The quantitative estimate of drug-likeness (QED) is 0.540. The number of halogens is 2. The second kappa shape index (κ2) is 10.1. The van der Waals surface area contributed by atoms with Gasteiger partial charge < -0.3 is 14.8 Å². The van der Waals surface area contributed by atoms with Crippen molar-refractivity contribution in [3.8, 4) is 11.5 Å². The van der Waals surface area contributed by atoms with E-state index in [2.05, 4.69) is 10.3 Å². The summed E-state index contributed by atoms with van der Waals surface area (Å²) in [4.78, 5) is 4.02. The maximum atomic E-state index is 13.2. The van der Waals surface area contributed by atoms with Crippen molar-refractivity contribution in [1.82, 2.24) is 10.3 Å². The Bertz CT molecular complexity index is 906. The topological polar surface area (TPSA) is 43.4 Å². The van der Waals surface area contributed by atoms with Gasteiger partial charge in [-0.1, -0.05) is 23.7 Å². The van der Waals surface area contributed by atoms with Crippen molar-refractivity contribution in [3.05, 3.63) is 88.5 Å². The minimum atomic E-state index is -0.368. The van der Waals surface area contributed by atoms with Crippen LogP contribution in [0.15, 0.2) is 60.9 Å². The lowest BCUT2D eigenvalue weighted by molar-refractivity contribution is 0.269. The summed E-state index contributed by atoms with van der Waals surface area (Å²) in [5.74, 6) is 0.927. The molecule has 0 atom stereocenters. The number of aromatic nitrogens is 1. The molecule has 0 fully saturated rings. The van der Waals surface area contributed by atoms with E-state index in [0.29, 0.717) is 35.2 Å². The van der Waals surface area contributed by atoms with E-state index >= 15 is 0 Å². The van der Waals surface area contributed by atoms with Crippen molar-refractivity contribution >= 4 is 11.6 Å². The molecule has 0 radical (unpaired) electrons. The number of hydrogen-bond acceptors (Lipinski definition) is 4. The molecule has 0 saturated carbocycles. The third kappa shape index (κ3) is 5.68. The molecule has 1 aromatic heterocycles. The van der Waals surface area contributed by atoms with Gasteiger partial charge in [0.1, 0.15) is 12.4 Å². The summed E-state index contributed by atoms with van der Waals surface area (Å²) in [5.41, 5.74) is 2.98. The first-order chi connectivity index (χ1) is 13.7. The molecular weight excluding hydrogens is 379 g/mol. The molecule has 0 unspecified atom stereocenters. The van der Waals surface area contributed by atoms with Crippen LogP contribution in [0.3, 0.4) is 0 Å². The maximum absolute atomic E-state index is 13.2. The number of pyridine rings is 1. The van der Waals surface area contributed by atoms with Gasteiger partial charge in [0.05, 0.1) is 11.6 Å². The van der Waals surface area contributed by atoms with Crippen LogP contribution in [-0.4, -0.2) is 11.6 Å². The van der Waals surface area contributed by atoms with E-state index in [-0.39, 0.29) is 12.4 Å². The highest BCUT2D eigenvalue weighted by Gasteiger charge is 2.09. The van der Waals surface area contributed by atoms with Gasteiger partial charge in [-0.05, 0) is 54.4 Å². The van der Waals surface area contributed by atoms with Gasteiger partial charge in [-0.2, -0.15) is 0 Å². The third-order valence-corrected chi connectivity index (χ3v) is 4.47. The van der Waals surface area contributed by atoms with Crippen LogP contribution in [0.25, 0.3) is 0 Å². The Kier molecular flexibility index (Phi) is 7.23. The molecule has 1 N–H and O–H groups in total. The van der Waals surface area contributed by atoms with E-state index in [9.17, 15) is 4.39 Å². The van der Waals surface area contributed by atoms with Gasteiger partial charge in [-0.25, -0.2) is 4.39 Å². The summed E-state index contributed by atoms with van der Waals surface area (Å²) in [6.45, 7) is 4.15. The Labute approximate surface area is 169 Å². The van der Waals surface area contributed by atoms with Gasteiger partial charge >= 0.3 is 0 Å². The van der Waals surface area contributed by atoms with Gasteiger partial charge in [-0.3, -0.25) is 4.98 Å². The lowest BCUT2D eigenvalue weighted by Gasteiger charge is -2.14. The molecular formula is C22H22ClFN2O2. The van der Waals surface area contributed by atoms with Crippen molar-refractivity contribution in [2.75, 3.05) is 6.61 Å². The largest absolute Gasteiger partial charge is 0.490 e. The second-order valence-corrected chi connectivity index (χ2v) is 6.60. The normalized spacial score (nSPS) is 10.7. The number of ether oxygens (including phenoxy) is 2. The molecule has 4 nitrogen and oxygen atoms in total. The van der Waals surface area contributed by atoms with Crippen LogP contribution < -0.4 is 14.8 Å². The van der Waals surface area contributed by atoms with Crippen LogP contribution in [0.5, 0.6) is 11.5 Å². The zero-order valence-electron chi connectivity index (χ0n) is 15.6. The number of hydrogen-bond donors (Lipinski definition) is 1. The van der Waals surface area contributed by atoms with Gasteiger partial charge in [0, 0.05) is 31.0 Å². The minimum Gasteiger partial charge on any atom is -0.490 e. The van der Waals surface area contributed by atoms with E-state index < -0.39 is 0 Å². The Morgan fingerprint density at radius 1 is 0.929 bits per heavy atom. The third-order valence-electron chi connectivity index (χ3n) is 4.11. The highest BCUT2D eigenvalue weighted by Crippen LogP contribution is 2.30. The molecule has 0 amide bonds. The predicted octanol–water partition coefficient (Wildman–Crippen LogP) is 5.14. The summed E-state index contributed by atoms with van der Waals surface area (Å²) in [6.07, 6.45) is 3.56. The van der Waals surface area contributed by atoms with Crippen LogP contribution in [0.1, 0.15) is 23.6 Å². The fourth-order valence-corrected chi connectivity index (χ4v) is 2.92. The smallest absolute Gasteiger partial charge is 0.161 e. The Balaban J connectivity index is 1.63. The number of rotatable bonds is 9.